The number of hydrogen-bond acceptors (Lipinski definition) is 3. The number of halogens is 1. The molecule has 0 aliphatic carbocycles. The number of nitrogens with two attached hydrogens (primary N) is 1. The molecule has 1 aromatic carbocycles. The van der Waals surface area contributed by atoms with Gasteiger partial charge in [-0.15, -0.1) is 11.8 Å². The largest absolute Gasteiger partial charge is 0.398 e. The van der Waals surface area contributed by atoms with Gasteiger partial charge in [0, 0.05) is 29.1 Å². The Morgan fingerprint density at radius 2 is 2.31 bits per heavy atom. The molecular formula is C11H15ClN2OS. The third kappa shape index (κ3) is 4.33. The lowest BCUT2D eigenvalue weighted by molar-refractivity contribution is -0.120. The molecule has 1 amide bonds. The molecule has 5 heteroatoms. The summed E-state index contributed by atoms with van der Waals surface area (Å²) in [6.07, 6.45) is 1.38. The second kappa shape index (κ2) is 6.66. The van der Waals surface area contributed by atoms with Crippen molar-refractivity contribution in [3.8, 4) is 0 Å². The first-order valence-electron chi connectivity index (χ1n) is 5.02. The van der Waals surface area contributed by atoms with Gasteiger partial charge in [-0.2, -0.15) is 0 Å². The summed E-state index contributed by atoms with van der Waals surface area (Å²) < 4.78 is 0. The van der Waals surface area contributed by atoms with Crippen LogP contribution in [-0.4, -0.2) is 18.7 Å². The summed E-state index contributed by atoms with van der Waals surface area (Å²) in [7, 11) is 1.64. The van der Waals surface area contributed by atoms with Gasteiger partial charge in [-0.25, -0.2) is 0 Å². The lowest BCUT2D eigenvalue weighted by Gasteiger charge is -2.05. The summed E-state index contributed by atoms with van der Waals surface area (Å²) in [5.41, 5.74) is 6.53. The molecule has 0 unspecified atom stereocenters. The number of nitrogen functional groups attached to an aromatic ring is 1. The zero-order valence-electron chi connectivity index (χ0n) is 9.13. The average Bonchev–Trinajstić information content (AvgIpc) is 2.28. The second-order valence-corrected chi connectivity index (χ2v) is 4.88. The first kappa shape index (κ1) is 13.2. The second-order valence-electron chi connectivity index (χ2n) is 3.31. The highest BCUT2D eigenvalue weighted by molar-refractivity contribution is 7.99. The number of anilines is 1. The molecule has 3 N–H and O–H groups in total. The fourth-order valence-electron chi connectivity index (χ4n) is 1.17. The van der Waals surface area contributed by atoms with E-state index < -0.39 is 0 Å². The van der Waals surface area contributed by atoms with Crippen LogP contribution in [0.2, 0.25) is 5.02 Å². The van der Waals surface area contributed by atoms with E-state index in [0.29, 0.717) is 11.4 Å². The van der Waals surface area contributed by atoms with Crippen LogP contribution in [0.15, 0.2) is 23.1 Å². The van der Waals surface area contributed by atoms with Gasteiger partial charge in [0.1, 0.15) is 0 Å². The molecule has 1 rings (SSSR count). The molecular weight excluding hydrogens is 244 g/mol. The van der Waals surface area contributed by atoms with Crippen molar-refractivity contribution >= 4 is 35.0 Å². The Morgan fingerprint density at radius 1 is 1.56 bits per heavy atom. The molecule has 0 saturated carbocycles. The molecule has 0 heterocycles. The fourth-order valence-corrected chi connectivity index (χ4v) is 2.36. The minimum atomic E-state index is 0.0691. The number of thioether (sulfide) groups is 1. The van der Waals surface area contributed by atoms with Crippen molar-refractivity contribution in [3.05, 3.63) is 23.2 Å². The Morgan fingerprint density at radius 3 is 3.00 bits per heavy atom. The van der Waals surface area contributed by atoms with Gasteiger partial charge in [0.05, 0.1) is 0 Å². The van der Waals surface area contributed by atoms with E-state index in [0.717, 1.165) is 22.8 Å². The van der Waals surface area contributed by atoms with Crippen LogP contribution in [0, 0.1) is 0 Å². The molecule has 88 valence electrons. The molecule has 0 spiro atoms. The number of hydrogen-bond donors (Lipinski definition) is 2. The quantitative estimate of drug-likeness (QED) is 0.485. The van der Waals surface area contributed by atoms with Gasteiger partial charge in [-0.3, -0.25) is 4.79 Å². The van der Waals surface area contributed by atoms with Crippen LogP contribution >= 0.6 is 23.4 Å². The third-order valence-electron chi connectivity index (χ3n) is 2.06. The van der Waals surface area contributed by atoms with Crippen molar-refractivity contribution in [2.45, 2.75) is 17.7 Å². The normalized spacial score (nSPS) is 10.1. The van der Waals surface area contributed by atoms with Crippen LogP contribution in [0.4, 0.5) is 5.69 Å². The van der Waals surface area contributed by atoms with Crippen molar-refractivity contribution in [1.29, 1.82) is 0 Å². The van der Waals surface area contributed by atoms with Crippen LogP contribution < -0.4 is 11.1 Å². The van der Waals surface area contributed by atoms with Gasteiger partial charge in [0.25, 0.3) is 0 Å². The Labute approximate surface area is 105 Å². The summed E-state index contributed by atoms with van der Waals surface area (Å²) in [4.78, 5) is 12.0. The summed E-state index contributed by atoms with van der Waals surface area (Å²) >= 11 is 7.49. The number of benzene rings is 1. The lowest BCUT2D eigenvalue weighted by atomic mass is 10.3. The van der Waals surface area contributed by atoms with Gasteiger partial charge in [0.2, 0.25) is 5.91 Å². The highest BCUT2D eigenvalue weighted by Crippen LogP contribution is 2.28. The molecule has 0 saturated heterocycles. The summed E-state index contributed by atoms with van der Waals surface area (Å²) in [5.74, 6) is 0.928. The standard InChI is InChI=1S/C11H15ClN2OS/c1-14-11(15)3-2-6-16-10-7-8(12)4-5-9(10)13/h4-5,7H,2-3,6,13H2,1H3,(H,14,15). The van der Waals surface area contributed by atoms with Gasteiger partial charge in [0.15, 0.2) is 0 Å². The highest BCUT2D eigenvalue weighted by Gasteiger charge is 2.02. The van der Waals surface area contributed by atoms with E-state index in [1.165, 1.54) is 0 Å². The van der Waals surface area contributed by atoms with E-state index in [4.69, 9.17) is 17.3 Å². The SMILES string of the molecule is CNC(=O)CCCSc1cc(Cl)ccc1N. The summed E-state index contributed by atoms with van der Waals surface area (Å²) in [5, 5.41) is 3.27. The van der Waals surface area contributed by atoms with E-state index in [9.17, 15) is 4.79 Å². The lowest BCUT2D eigenvalue weighted by Crippen LogP contribution is -2.17. The Bertz CT molecular complexity index is 371. The maximum atomic E-state index is 11.0. The molecule has 0 aliphatic rings. The minimum absolute atomic E-state index is 0.0691. The number of carbonyl (C=O) groups excluding carboxylic acids is 1. The maximum Gasteiger partial charge on any atom is 0.219 e. The van der Waals surface area contributed by atoms with E-state index in [1.807, 2.05) is 6.07 Å². The zero-order chi connectivity index (χ0) is 12.0. The Kier molecular flexibility index (Phi) is 5.49. The number of rotatable bonds is 5. The molecule has 3 nitrogen and oxygen atoms in total. The first-order chi connectivity index (χ1) is 7.63. The molecule has 0 aromatic heterocycles. The van der Waals surface area contributed by atoms with E-state index in [-0.39, 0.29) is 5.91 Å². The molecule has 0 bridgehead atoms. The number of nitrogens with one attached hydrogen (secondary N) is 1. The molecule has 16 heavy (non-hydrogen) atoms. The van der Waals surface area contributed by atoms with E-state index >= 15 is 0 Å². The zero-order valence-corrected chi connectivity index (χ0v) is 10.7. The minimum Gasteiger partial charge on any atom is -0.398 e. The smallest absolute Gasteiger partial charge is 0.219 e. The highest BCUT2D eigenvalue weighted by atomic mass is 35.5. The molecule has 0 aliphatic heterocycles. The molecule has 0 fully saturated rings. The van der Waals surface area contributed by atoms with E-state index in [1.54, 1.807) is 30.9 Å². The van der Waals surface area contributed by atoms with Crippen LogP contribution in [0.3, 0.4) is 0 Å². The van der Waals surface area contributed by atoms with Crippen molar-refractivity contribution in [2.75, 3.05) is 18.5 Å². The van der Waals surface area contributed by atoms with Crippen LogP contribution in [0.1, 0.15) is 12.8 Å². The predicted molar refractivity (Wildman–Crippen MR) is 69.9 cm³/mol. The third-order valence-corrected chi connectivity index (χ3v) is 3.45. The van der Waals surface area contributed by atoms with Crippen LogP contribution in [0.5, 0.6) is 0 Å². The fraction of sp³-hybridized carbons (Fsp3) is 0.364. The molecule has 0 radical (unpaired) electrons. The number of carbonyl (C=O) groups is 1. The van der Waals surface area contributed by atoms with Gasteiger partial charge in [-0.1, -0.05) is 11.6 Å². The number of amides is 1. The topological polar surface area (TPSA) is 55.1 Å². The van der Waals surface area contributed by atoms with Crippen LogP contribution in [0.25, 0.3) is 0 Å². The van der Waals surface area contributed by atoms with Gasteiger partial charge >= 0.3 is 0 Å². The first-order valence-corrected chi connectivity index (χ1v) is 6.38. The van der Waals surface area contributed by atoms with E-state index in [2.05, 4.69) is 5.32 Å². The van der Waals surface area contributed by atoms with Crippen LogP contribution in [-0.2, 0) is 4.79 Å². The average molecular weight is 259 g/mol. The van der Waals surface area contributed by atoms with Crippen molar-refractivity contribution in [1.82, 2.24) is 5.32 Å². The van der Waals surface area contributed by atoms with Gasteiger partial charge in [-0.05, 0) is 30.4 Å². The maximum absolute atomic E-state index is 11.0. The summed E-state index contributed by atoms with van der Waals surface area (Å²) in [6, 6.07) is 5.41. The van der Waals surface area contributed by atoms with Crippen molar-refractivity contribution < 1.29 is 4.79 Å². The summed E-state index contributed by atoms with van der Waals surface area (Å²) in [6.45, 7) is 0. The Balaban J connectivity index is 2.37. The molecule has 0 atom stereocenters. The predicted octanol–water partition coefficient (Wildman–Crippen LogP) is 2.54. The van der Waals surface area contributed by atoms with Gasteiger partial charge < -0.3 is 11.1 Å². The monoisotopic (exact) mass is 258 g/mol. The Hall–Kier alpha value is -0.870. The van der Waals surface area contributed by atoms with Crippen molar-refractivity contribution in [3.63, 3.8) is 0 Å². The van der Waals surface area contributed by atoms with Crippen molar-refractivity contribution in [2.24, 2.45) is 0 Å². The molecule has 1 aromatic rings.